The fourth-order valence-electron chi connectivity index (χ4n) is 1.86. The molecule has 8 nitrogen and oxygen atoms in total. The van der Waals surface area contributed by atoms with Gasteiger partial charge in [0.05, 0.1) is 10.5 Å². The second-order valence-corrected chi connectivity index (χ2v) is 5.04. The van der Waals surface area contributed by atoms with Crippen molar-refractivity contribution < 1.29 is 19.2 Å². The molecule has 2 aromatic rings. The Balaban J connectivity index is 2.23. The summed E-state index contributed by atoms with van der Waals surface area (Å²) in [7, 11) is 0. The number of ether oxygens (including phenoxy) is 1. The topological polar surface area (TPSA) is 125 Å². The van der Waals surface area contributed by atoms with Crippen LogP contribution in [-0.2, 0) is 4.79 Å². The van der Waals surface area contributed by atoms with Crippen LogP contribution in [0.4, 0.5) is 11.4 Å². The van der Waals surface area contributed by atoms with Gasteiger partial charge < -0.3 is 15.8 Å². The molecule has 24 heavy (non-hydrogen) atoms. The van der Waals surface area contributed by atoms with Crippen LogP contribution in [0.1, 0.15) is 10.4 Å². The number of nitro benzene ring substituents is 1. The maximum Gasteiger partial charge on any atom is 0.289 e. The zero-order valence-electron chi connectivity index (χ0n) is 12.2. The number of nitrogens with two attached hydrogens (primary N) is 1. The summed E-state index contributed by atoms with van der Waals surface area (Å²) in [6.45, 7) is -0.378. The van der Waals surface area contributed by atoms with Gasteiger partial charge in [0.25, 0.3) is 17.5 Å². The molecule has 0 unspecified atom stereocenters. The van der Waals surface area contributed by atoms with Crippen molar-refractivity contribution in [2.45, 2.75) is 0 Å². The first kappa shape index (κ1) is 17.2. The molecule has 0 spiro atoms. The number of amides is 2. The summed E-state index contributed by atoms with van der Waals surface area (Å²) in [4.78, 5) is 33.4. The number of benzene rings is 2. The van der Waals surface area contributed by atoms with E-state index in [1.54, 1.807) is 12.1 Å². The Kier molecular flexibility index (Phi) is 5.33. The average molecular weight is 350 g/mol. The quantitative estimate of drug-likeness (QED) is 0.611. The van der Waals surface area contributed by atoms with Gasteiger partial charge in [-0.2, -0.15) is 0 Å². The first-order chi connectivity index (χ1) is 11.4. The average Bonchev–Trinajstić information content (AvgIpc) is 2.54. The number of para-hydroxylation sites is 1. The lowest BCUT2D eigenvalue weighted by atomic mass is 10.1. The molecule has 0 saturated heterocycles. The highest BCUT2D eigenvalue weighted by molar-refractivity contribution is 6.32. The summed E-state index contributed by atoms with van der Waals surface area (Å²) < 4.78 is 5.17. The number of nitro groups is 1. The van der Waals surface area contributed by atoms with Crippen molar-refractivity contribution in [2.24, 2.45) is 5.73 Å². The summed E-state index contributed by atoms with van der Waals surface area (Å²) in [6, 6.07) is 10.1. The third-order valence-electron chi connectivity index (χ3n) is 2.90. The Hall–Kier alpha value is -3.13. The second-order valence-electron chi connectivity index (χ2n) is 4.63. The standard InChI is InChI=1S/C15H12ClN3O5/c16-11-6-5-9(7-12(11)19(22)23)18-15(21)10-3-1-2-4-13(10)24-8-14(17)20/h1-7H,8H2,(H2,17,20)(H,18,21). The lowest BCUT2D eigenvalue weighted by Gasteiger charge is -2.10. The van der Waals surface area contributed by atoms with E-state index in [0.717, 1.165) is 6.07 Å². The number of primary amides is 1. The van der Waals surface area contributed by atoms with Gasteiger partial charge in [0.15, 0.2) is 6.61 Å². The zero-order chi connectivity index (χ0) is 17.7. The maximum atomic E-state index is 12.3. The van der Waals surface area contributed by atoms with Crippen LogP contribution in [0.3, 0.4) is 0 Å². The lowest BCUT2D eigenvalue weighted by Crippen LogP contribution is -2.21. The summed E-state index contributed by atoms with van der Waals surface area (Å²) in [5.41, 5.74) is 5.03. The predicted molar refractivity (Wildman–Crippen MR) is 87.2 cm³/mol. The van der Waals surface area contributed by atoms with Crippen molar-refractivity contribution in [1.82, 2.24) is 0 Å². The van der Waals surface area contributed by atoms with Gasteiger partial charge in [0, 0.05) is 11.8 Å². The predicted octanol–water partition coefficient (Wildman–Crippen LogP) is 2.36. The van der Waals surface area contributed by atoms with Gasteiger partial charge in [-0.15, -0.1) is 0 Å². The van der Waals surface area contributed by atoms with Crippen molar-refractivity contribution in [3.05, 3.63) is 63.2 Å². The third-order valence-corrected chi connectivity index (χ3v) is 3.22. The lowest BCUT2D eigenvalue weighted by molar-refractivity contribution is -0.384. The monoisotopic (exact) mass is 349 g/mol. The minimum atomic E-state index is -0.682. The van der Waals surface area contributed by atoms with E-state index in [4.69, 9.17) is 22.1 Å². The molecule has 2 amide bonds. The van der Waals surface area contributed by atoms with Crippen LogP contribution in [0.5, 0.6) is 5.75 Å². The Morgan fingerprint density at radius 2 is 1.96 bits per heavy atom. The van der Waals surface area contributed by atoms with Crippen molar-refractivity contribution in [2.75, 3.05) is 11.9 Å². The fraction of sp³-hybridized carbons (Fsp3) is 0.0667. The summed E-state index contributed by atoms with van der Waals surface area (Å²) in [5.74, 6) is -1.08. The SMILES string of the molecule is NC(=O)COc1ccccc1C(=O)Nc1ccc(Cl)c([N+](=O)[O-])c1. The first-order valence-electron chi connectivity index (χ1n) is 6.64. The van der Waals surface area contributed by atoms with Gasteiger partial charge in [-0.05, 0) is 24.3 Å². The summed E-state index contributed by atoms with van der Waals surface area (Å²) in [5, 5.41) is 13.3. The van der Waals surface area contributed by atoms with E-state index in [1.165, 1.54) is 24.3 Å². The highest BCUT2D eigenvalue weighted by Gasteiger charge is 2.16. The van der Waals surface area contributed by atoms with E-state index in [0.29, 0.717) is 0 Å². The molecule has 0 fully saturated rings. The highest BCUT2D eigenvalue weighted by atomic mass is 35.5. The Morgan fingerprint density at radius 1 is 1.25 bits per heavy atom. The fourth-order valence-corrected chi connectivity index (χ4v) is 2.04. The molecule has 0 atom stereocenters. The molecule has 2 rings (SSSR count). The number of nitrogens with zero attached hydrogens (tertiary/aromatic N) is 1. The van der Waals surface area contributed by atoms with Crippen molar-refractivity contribution in [3.8, 4) is 5.75 Å². The molecular formula is C15H12ClN3O5. The van der Waals surface area contributed by atoms with Crippen LogP contribution >= 0.6 is 11.6 Å². The Labute approximate surface area is 141 Å². The maximum absolute atomic E-state index is 12.3. The molecule has 124 valence electrons. The first-order valence-corrected chi connectivity index (χ1v) is 7.01. The van der Waals surface area contributed by atoms with Gasteiger partial charge in [0.1, 0.15) is 10.8 Å². The van der Waals surface area contributed by atoms with E-state index < -0.39 is 16.7 Å². The smallest absolute Gasteiger partial charge is 0.289 e. The van der Waals surface area contributed by atoms with Crippen molar-refractivity contribution in [1.29, 1.82) is 0 Å². The highest BCUT2D eigenvalue weighted by Crippen LogP contribution is 2.28. The Bertz CT molecular complexity index is 809. The summed E-state index contributed by atoms with van der Waals surface area (Å²) >= 11 is 5.72. The van der Waals surface area contributed by atoms with E-state index in [-0.39, 0.29) is 34.3 Å². The molecule has 9 heteroatoms. The number of halogens is 1. The van der Waals surface area contributed by atoms with E-state index >= 15 is 0 Å². The molecule has 0 aliphatic heterocycles. The number of hydrogen-bond donors (Lipinski definition) is 2. The molecule has 0 radical (unpaired) electrons. The third kappa shape index (κ3) is 4.20. The van der Waals surface area contributed by atoms with Crippen LogP contribution in [-0.4, -0.2) is 23.3 Å². The number of carbonyl (C=O) groups is 2. The Morgan fingerprint density at radius 3 is 2.62 bits per heavy atom. The van der Waals surface area contributed by atoms with E-state index in [2.05, 4.69) is 5.32 Å². The summed E-state index contributed by atoms with van der Waals surface area (Å²) in [6.07, 6.45) is 0. The minimum Gasteiger partial charge on any atom is -0.483 e. The number of hydrogen-bond acceptors (Lipinski definition) is 5. The number of rotatable bonds is 6. The van der Waals surface area contributed by atoms with Crippen molar-refractivity contribution in [3.63, 3.8) is 0 Å². The van der Waals surface area contributed by atoms with Crippen LogP contribution in [0.25, 0.3) is 0 Å². The molecule has 3 N–H and O–H groups in total. The molecule has 0 aliphatic carbocycles. The molecular weight excluding hydrogens is 338 g/mol. The van der Waals surface area contributed by atoms with Gasteiger partial charge in [-0.3, -0.25) is 19.7 Å². The van der Waals surface area contributed by atoms with E-state index in [9.17, 15) is 19.7 Å². The molecule has 0 bridgehead atoms. The normalized spacial score (nSPS) is 10.0. The number of nitrogens with one attached hydrogen (secondary N) is 1. The number of anilines is 1. The van der Waals surface area contributed by atoms with Gasteiger partial charge >= 0.3 is 0 Å². The van der Waals surface area contributed by atoms with Crippen molar-refractivity contribution >= 4 is 34.8 Å². The van der Waals surface area contributed by atoms with Crippen LogP contribution in [0.15, 0.2) is 42.5 Å². The molecule has 0 saturated carbocycles. The van der Waals surface area contributed by atoms with E-state index in [1.807, 2.05) is 0 Å². The van der Waals surface area contributed by atoms with Gasteiger partial charge in [-0.25, -0.2) is 0 Å². The van der Waals surface area contributed by atoms with Gasteiger partial charge in [0.2, 0.25) is 0 Å². The van der Waals surface area contributed by atoms with Crippen LogP contribution in [0, 0.1) is 10.1 Å². The zero-order valence-corrected chi connectivity index (χ0v) is 12.9. The van der Waals surface area contributed by atoms with Crippen LogP contribution in [0.2, 0.25) is 5.02 Å². The van der Waals surface area contributed by atoms with Gasteiger partial charge in [-0.1, -0.05) is 23.7 Å². The second kappa shape index (κ2) is 7.42. The molecule has 0 heterocycles. The number of carbonyl (C=O) groups excluding carboxylic acids is 2. The molecule has 0 aliphatic rings. The minimum absolute atomic E-state index is 0.0387. The molecule has 2 aromatic carbocycles. The van der Waals surface area contributed by atoms with Crippen LogP contribution < -0.4 is 15.8 Å². The largest absolute Gasteiger partial charge is 0.483 e. The molecule has 0 aromatic heterocycles.